The second kappa shape index (κ2) is 8.19. The maximum Gasteiger partial charge on any atom is 0.224 e. The quantitative estimate of drug-likeness (QED) is 0.777. The first-order chi connectivity index (χ1) is 13.3. The van der Waals surface area contributed by atoms with Crippen LogP contribution in [0.1, 0.15) is 24.1 Å². The Morgan fingerprint density at radius 2 is 2.00 bits per heavy atom. The van der Waals surface area contributed by atoms with Crippen molar-refractivity contribution in [1.29, 1.82) is 0 Å². The normalized spacial score (nSPS) is 25.1. The van der Waals surface area contributed by atoms with E-state index in [2.05, 4.69) is 36.6 Å². The van der Waals surface area contributed by atoms with Gasteiger partial charge in [-0.15, -0.1) is 0 Å². The van der Waals surface area contributed by atoms with Crippen LogP contribution in [0.4, 0.5) is 11.8 Å². The van der Waals surface area contributed by atoms with Gasteiger partial charge in [-0.1, -0.05) is 6.07 Å². The molecule has 3 heterocycles. The molecule has 0 saturated carbocycles. The number of hydrogen-bond donors (Lipinski definition) is 2. The minimum absolute atomic E-state index is 0.154. The highest BCUT2D eigenvalue weighted by molar-refractivity contribution is 5.44. The summed E-state index contributed by atoms with van der Waals surface area (Å²) in [5, 5.41) is 6.88. The van der Waals surface area contributed by atoms with Crippen molar-refractivity contribution in [3.8, 4) is 0 Å². The molecule has 27 heavy (non-hydrogen) atoms. The van der Waals surface area contributed by atoms with Crippen LogP contribution in [-0.4, -0.2) is 60.4 Å². The van der Waals surface area contributed by atoms with Crippen LogP contribution < -0.4 is 15.5 Å². The number of aryl methyl sites for hydroxylation is 2. The number of fused-ring (bicyclic) bond motifs is 1. The van der Waals surface area contributed by atoms with Gasteiger partial charge in [0.05, 0.1) is 12.1 Å². The predicted octanol–water partition coefficient (Wildman–Crippen LogP) is 1.65. The average molecular weight is 368 g/mol. The molecule has 1 unspecified atom stereocenters. The summed E-state index contributed by atoms with van der Waals surface area (Å²) < 4.78 is 5.79. The van der Waals surface area contributed by atoms with Crippen LogP contribution in [0.5, 0.6) is 0 Å². The van der Waals surface area contributed by atoms with Gasteiger partial charge in [0.15, 0.2) is 0 Å². The molecule has 1 aliphatic carbocycles. The number of pyridine rings is 1. The summed E-state index contributed by atoms with van der Waals surface area (Å²) in [5.74, 6) is 1.59. The smallest absolute Gasteiger partial charge is 0.224 e. The van der Waals surface area contributed by atoms with Gasteiger partial charge < -0.3 is 20.3 Å². The third kappa shape index (κ3) is 4.04. The molecule has 3 atom stereocenters. The van der Waals surface area contributed by atoms with E-state index in [4.69, 9.17) is 4.74 Å². The molecular weight excluding hydrogens is 340 g/mol. The summed E-state index contributed by atoms with van der Waals surface area (Å²) in [7, 11) is 3.64. The van der Waals surface area contributed by atoms with E-state index >= 15 is 0 Å². The van der Waals surface area contributed by atoms with Crippen molar-refractivity contribution in [1.82, 2.24) is 20.3 Å². The first-order valence-electron chi connectivity index (χ1n) is 9.74. The summed E-state index contributed by atoms with van der Waals surface area (Å²) >= 11 is 0. The van der Waals surface area contributed by atoms with E-state index in [1.54, 1.807) is 13.3 Å². The Hall–Kier alpha value is -2.25. The average Bonchev–Trinajstić information content (AvgIpc) is 3.02. The maximum absolute atomic E-state index is 5.79. The molecule has 0 aromatic carbocycles. The number of rotatable bonds is 5. The molecule has 0 radical (unpaired) electrons. The maximum atomic E-state index is 5.79. The van der Waals surface area contributed by atoms with Crippen LogP contribution in [0, 0.1) is 0 Å². The van der Waals surface area contributed by atoms with Crippen molar-refractivity contribution in [2.45, 2.75) is 43.9 Å². The van der Waals surface area contributed by atoms with Crippen molar-refractivity contribution in [2.75, 3.05) is 37.5 Å². The standard InChI is InChI=1S/C20H28N6O/c1-21-20-23-11-9-19(25-20)26-12-17(18(13-26)27-2)24-15-6-5-14-4-3-10-22-16(14)8-7-15/h3-4,9-11,15,17-18,24H,5-8,12-13H2,1-2H3,(H,21,23,25)/t15?,17-,18+/m1/s1. The van der Waals surface area contributed by atoms with Crippen LogP contribution in [-0.2, 0) is 17.6 Å². The van der Waals surface area contributed by atoms with Gasteiger partial charge in [0.25, 0.3) is 0 Å². The van der Waals surface area contributed by atoms with E-state index in [1.807, 2.05) is 25.4 Å². The Morgan fingerprint density at radius 3 is 2.85 bits per heavy atom. The number of anilines is 2. The lowest BCUT2D eigenvalue weighted by Crippen LogP contribution is -2.46. The van der Waals surface area contributed by atoms with Gasteiger partial charge in [0.2, 0.25) is 5.95 Å². The molecule has 0 spiro atoms. The van der Waals surface area contributed by atoms with E-state index in [0.29, 0.717) is 18.0 Å². The molecule has 0 bridgehead atoms. The number of methoxy groups -OCH3 is 1. The molecule has 2 aromatic heterocycles. The summed E-state index contributed by atoms with van der Waals surface area (Å²) in [5.41, 5.74) is 2.66. The number of nitrogens with zero attached hydrogens (tertiary/aromatic N) is 4. The topological polar surface area (TPSA) is 75.2 Å². The fourth-order valence-corrected chi connectivity index (χ4v) is 4.18. The number of hydrogen-bond acceptors (Lipinski definition) is 7. The Labute approximate surface area is 160 Å². The first-order valence-corrected chi connectivity index (χ1v) is 9.74. The number of aromatic nitrogens is 3. The molecular formula is C20H28N6O. The fourth-order valence-electron chi connectivity index (χ4n) is 4.18. The molecule has 7 nitrogen and oxygen atoms in total. The molecule has 1 aliphatic heterocycles. The summed E-state index contributed by atoms with van der Waals surface area (Å²) in [6.45, 7) is 1.73. The molecule has 4 rings (SSSR count). The van der Waals surface area contributed by atoms with Gasteiger partial charge in [0.1, 0.15) is 5.82 Å². The van der Waals surface area contributed by atoms with Crippen molar-refractivity contribution in [2.24, 2.45) is 0 Å². The van der Waals surface area contributed by atoms with E-state index < -0.39 is 0 Å². The largest absolute Gasteiger partial charge is 0.378 e. The predicted molar refractivity (Wildman–Crippen MR) is 106 cm³/mol. The van der Waals surface area contributed by atoms with Crippen LogP contribution >= 0.6 is 0 Å². The SMILES string of the molecule is CNc1nccc(N2C[C@H](OC)[C@H](NC3CCc4cccnc4CC3)C2)n1. The van der Waals surface area contributed by atoms with Crippen molar-refractivity contribution < 1.29 is 4.74 Å². The monoisotopic (exact) mass is 368 g/mol. The van der Waals surface area contributed by atoms with Crippen LogP contribution in [0.15, 0.2) is 30.6 Å². The third-order valence-electron chi connectivity index (χ3n) is 5.68. The minimum Gasteiger partial charge on any atom is -0.378 e. The Kier molecular flexibility index (Phi) is 5.50. The molecule has 7 heteroatoms. The second-order valence-corrected chi connectivity index (χ2v) is 7.32. The number of ether oxygens (including phenoxy) is 1. The zero-order valence-electron chi connectivity index (χ0n) is 16.1. The van der Waals surface area contributed by atoms with Gasteiger partial charge in [-0.3, -0.25) is 4.98 Å². The minimum atomic E-state index is 0.154. The fraction of sp³-hybridized carbons (Fsp3) is 0.550. The Bertz CT molecular complexity index is 743. The van der Waals surface area contributed by atoms with Gasteiger partial charge in [0, 0.05) is 51.4 Å². The van der Waals surface area contributed by atoms with Gasteiger partial charge >= 0.3 is 0 Å². The lowest BCUT2D eigenvalue weighted by atomic mass is 10.1. The summed E-state index contributed by atoms with van der Waals surface area (Å²) in [6.07, 6.45) is 8.25. The van der Waals surface area contributed by atoms with Crippen LogP contribution in [0.3, 0.4) is 0 Å². The highest BCUT2D eigenvalue weighted by atomic mass is 16.5. The Balaban J connectivity index is 1.41. The van der Waals surface area contributed by atoms with Gasteiger partial charge in [-0.25, -0.2) is 4.98 Å². The highest BCUT2D eigenvalue weighted by Gasteiger charge is 2.35. The van der Waals surface area contributed by atoms with Crippen molar-refractivity contribution in [3.05, 3.63) is 41.9 Å². The van der Waals surface area contributed by atoms with Crippen molar-refractivity contribution >= 4 is 11.8 Å². The molecule has 2 aliphatic rings. The van der Waals surface area contributed by atoms with Gasteiger partial charge in [-0.2, -0.15) is 4.98 Å². The molecule has 2 aromatic rings. The molecule has 2 N–H and O–H groups in total. The van der Waals surface area contributed by atoms with Crippen LogP contribution in [0.2, 0.25) is 0 Å². The van der Waals surface area contributed by atoms with E-state index in [1.165, 1.54) is 11.3 Å². The third-order valence-corrected chi connectivity index (χ3v) is 5.68. The Morgan fingerprint density at radius 1 is 1.11 bits per heavy atom. The molecule has 144 valence electrons. The van der Waals surface area contributed by atoms with Gasteiger partial charge in [-0.05, 0) is 43.4 Å². The number of nitrogens with one attached hydrogen (secondary N) is 2. The van der Waals surface area contributed by atoms with E-state index in [-0.39, 0.29) is 6.10 Å². The molecule has 0 amide bonds. The zero-order valence-corrected chi connectivity index (χ0v) is 16.1. The second-order valence-electron chi connectivity index (χ2n) is 7.32. The summed E-state index contributed by atoms with van der Waals surface area (Å²) in [6, 6.07) is 7.00. The summed E-state index contributed by atoms with van der Waals surface area (Å²) in [4.78, 5) is 15.6. The van der Waals surface area contributed by atoms with Crippen LogP contribution in [0.25, 0.3) is 0 Å². The lowest BCUT2D eigenvalue weighted by molar-refractivity contribution is 0.0923. The van der Waals surface area contributed by atoms with E-state index in [9.17, 15) is 0 Å². The van der Waals surface area contributed by atoms with E-state index in [0.717, 1.165) is 44.6 Å². The highest BCUT2D eigenvalue weighted by Crippen LogP contribution is 2.24. The molecule has 1 fully saturated rings. The molecule has 1 saturated heterocycles. The first kappa shape index (κ1) is 18.1. The lowest BCUT2D eigenvalue weighted by Gasteiger charge is -2.24. The van der Waals surface area contributed by atoms with Crippen molar-refractivity contribution in [3.63, 3.8) is 0 Å². The zero-order chi connectivity index (χ0) is 18.6.